The van der Waals surface area contributed by atoms with Crippen LogP contribution in [0.2, 0.25) is 0 Å². The lowest BCUT2D eigenvalue weighted by molar-refractivity contribution is 0.0111. The second kappa shape index (κ2) is 6.33. The highest BCUT2D eigenvalue weighted by Gasteiger charge is 2.33. The maximum Gasteiger partial charge on any atom is 0.410 e. The lowest BCUT2D eigenvalue weighted by atomic mass is 9.75. The van der Waals surface area contributed by atoms with Gasteiger partial charge in [-0.2, -0.15) is 0 Å². The molecule has 1 saturated carbocycles. The zero-order valence-electron chi connectivity index (χ0n) is 13.2. The summed E-state index contributed by atoms with van der Waals surface area (Å²) in [6, 6.07) is 0.366. The topological polar surface area (TPSA) is 55.6 Å². The highest BCUT2D eigenvalue weighted by atomic mass is 16.6. The number of ether oxygens (including phenoxy) is 1. The highest BCUT2D eigenvalue weighted by molar-refractivity contribution is 5.68. The molecule has 3 atom stereocenters. The molecule has 20 heavy (non-hydrogen) atoms. The van der Waals surface area contributed by atoms with Crippen molar-refractivity contribution >= 4 is 6.09 Å². The summed E-state index contributed by atoms with van der Waals surface area (Å²) in [7, 11) is 0. The molecule has 4 nitrogen and oxygen atoms in total. The molecule has 2 aliphatic rings. The summed E-state index contributed by atoms with van der Waals surface area (Å²) in [6.07, 6.45) is 7.00. The van der Waals surface area contributed by atoms with Crippen molar-refractivity contribution in [1.82, 2.24) is 4.90 Å². The molecule has 0 spiro atoms. The Morgan fingerprint density at radius 1 is 1.15 bits per heavy atom. The summed E-state index contributed by atoms with van der Waals surface area (Å²) < 4.78 is 5.50. The predicted octanol–water partition coefficient (Wildman–Crippen LogP) is 3.15. The monoisotopic (exact) mass is 282 g/mol. The summed E-state index contributed by atoms with van der Waals surface area (Å²) >= 11 is 0. The molecule has 4 heteroatoms. The van der Waals surface area contributed by atoms with Gasteiger partial charge in [-0.1, -0.05) is 12.8 Å². The predicted molar refractivity (Wildman–Crippen MR) is 80.5 cm³/mol. The number of rotatable bonds is 1. The number of carbonyl (C=O) groups is 1. The Kier molecular flexibility index (Phi) is 4.95. The van der Waals surface area contributed by atoms with E-state index in [1.807, 2.05) is 25.7 Å². The second-order valence-electron chi connectivity index (χ2n) is 7.52. The summed E-state index contributed by atoms with van der Waals surface area (Å²) in [5, 5.41) is 0. The van der Waals surface area contributed by atoms with Gasteiger partial charge in [0.05, 0.1) is 0 Å². The zero-order chi connectivity index (χ0) is 14.8. The van der Waals surface area contributed by atoms with Gasteiger partial charge in [-0.05, 0) is 58.3 Å². The van der Waals surface area contributed by atoms with Gasteiger partial charge in [-0.3, -0.25) is 0 Å². The van der Waals surface area contributed by atoms with E-state index in [2.05, 4.69) is 0 Å². The van der Waals surface area contributed by atoms with E-state index < -0.39 is 5.60 Å². The van der Waals surface area contributed by atoms with Crippen LogP contribution in [0.25, 0.3) is 0 Å². The number of carbonyl (C=O) groups excluding carboxylic acids is 1. The van der Waals surface area contributed by atoms with Crippen LogP contribution in [0.1, 0.15) is 59.3 Å². The van der Waals surface area contributed by atoms with Gasteiger partial charge in [0.25, 0.3) is 0 Å². The molecule has 2 fully saturated rings. The molecule has 0 bridgehead atoms. The van der Waals surface area contributed by atoms with Crippen LogP contribution in [-0.4, -0.2) is 35.7 Å². The van der Waals surface area contributed by atoms with Gasteiger partial charge in [0.15, 0.2) is 0 Å². The quantitative estimate of drug-likeness (QED) is 0.803. The van der Waals surface area contributed by atoms with Crippen LogP contribution in [0.15, 0.2) is 0 Å². The van der Waals surface area contributed by atoms with E-state index in [9.17, 15) is 4.79 Å². The first-order chi connectivity index (χ1) is 9.35. The molecule has 1 aliphatic carbocycles. The Hall–Kier alpha value is -0.770. The average Bonchev–Trinajstić information content (AvgIpc) is 2.37. The van der Waals surface area contributed by atoms with Crippen molar-refractivity contribution in [3.05, 3.63) is 0 Å². The van der Waals surface area contributed by atoms with E-state index in [4.69, 9.17) is 10.5 Å². The molecule has 1 heterocycles. The van der Waals surface area contributed by atoms with E-state index in [1.165, 1.54) is 25.7 Å². The Morgan fingerprint density at radius 3 is 2.50 bits per heavy atom. The number of nitrogens with two attached hydrogens (primary N) is 1. The summed E-state index contributed by atoms with van der Waals surface area (Å²) in [6.45, 7) is 7.46. The lowest BCUT2D eigenvalue weighted by Gasteiger charge is -2.40. The third-order valence-corrected chi connectivity index (χ3v) is 4.53. The van der Waals surface area contributed by atoms with Crippen LogP contribution in [0.4, 0.5) is 4.79 Å². The number of hydrogen-bond acceptors (Lipinski definition) is 3. The first kappa shape index (κ1) is 15.6. The van der Waals surface area contributed by atoms with Crippen LogP contribution in [0.5, 0.6) is 0 Å². The minimum Gasteiger partial charge on any atom is -0.444 e. The molecule has 2 rings (SSSR count). The fraction of sp³-hybridized carbons (Fsp3) is 0.938. The molecule has 2 N–H and O–H groups in total. The van der Waals surface area contributed by atoms with Gasteiger partial charge >= 0.3 is 6.09 Å². The third kappa shape index (κ3) is 4.37. The molecule has 0 aromatic heterocycles. The van der Waals surface area contributed by atoms with Crippen molar-refractivity contribution in [1.29, 1.82) is 0 Å². The third-order valence-electron chi connectivity index (χ3n) is 4.53. The van der Waals surface area contributed by atoms with Gasteiger partial charge in [-0.25, -0.2) is 4.79 Å². The van der Waals surface area contributed by atoms with Crippen LogP contribution in [0, 0.1) is 11.8 Å². The normalized spacial score (nSPS) is 32.0. The Balaban J connectivity index is 1.89. The number of piperidine rings is 1. The van der Waals surface area contributed by atoms with Gasteiger partial charge in [-0.15, -0.1) is 0 Å². The average molecular weight is 282 g/mol. The molecule has 0 aromatic rings. The summed E-state index contributed by atoms with van der Waals surface area (Å²) in [5.41, 5.74) is 5.70. The number of likely N-dealkylation sites (tertiary alicyclic amines) is 1. The Labute approximate surface area is 123 Å². The zero-order valence-corrected chi connectivity index (χ0v) is 13.2. The molecule has 1 saturated heterocycles. The summed E-state index contributed by atoms with van der Waals surface area (Å²) in [4.78, 5) is 14.1. The van der Waals surface area contributed by atoms with Gasteiger partial charge < -0.3 is 15.4 Å². The van der Waals surface area contributed by atoms with Crippen molar-refractivity contribution in [2.45, 2.75) is 70.9 Å². The second-order valence-corrected chi connectivity index (χ2v) is 7.52. The molecule has 1 aliphatic heterocycles. The van der Waals surface area contributed by atoms with E-state index in [0.717, 1.165) is 25.9 Å². The van der Waals surface area contributed by atoms with E-state index in [1.54, 1.807) is 0 Å². The Bertz CT molecular complexity index is 338. The van der Waals surface area contributed by atoms with Gasteiger partial charge in [0.1, 0.15) is 5.60 Å². The van der Waals surface area contributed by atoms with Gasteiger partial charge in [0, 0.05) is 19.1 Å². The lowest BCUT2D eigenvalue weighted by Crippen LogP contribution is -2.45. The van der Waals surface area contributed by atoms with E-state index >= 15 is 0 Å². The maximum atomic E-state index is 12.2. The van der Waals surface area contributed by atoms with Crippen LogP contribution in [-0.2, 0) is 4.74 Å². The molecule has 0 radical (unpaired) electrons. The molecule has 116 valence electrons. The first-order valence-electron chi connectivity index (χ1n) is 8.08. The SMILES string of the molecule is CC(C)(C)OC(=O)N1CCC[C@@H]([C@H]2CCC[C@H](N)C2)C1. The molecule has 0 unspecified atom stereocenters. The smallest absolute Gasteiger partial charge is 0.410 e. The van der Waals surface area contributed by atoms with Crippen LogP contribution in [0.3, 0.4) is 0 Å². The minimum atomic E-state index is -0.406. The maximum absolute atomic E-state index is 12.2. The molecule has 1 amide bonds. The fourth-order valence-corrected chi connectivity index (χ4v) is 3.58. The number of amides is 1. The van der Waals surface area contributed by atoms with Crippen LogP contribution >= 0.6 is 0 Å². The minimum absolute atomic E-state index is 0.151. The summed E-state index contributed by atoms with van der Waals surface area (Å²) in [5.74, 6) is 1.31. The molecule has 0 aromatic carbocycles. The number of nitrogens with zero attached hydrogens (tertiary/aromatic N) is 1. The van der Waals surface area contributed by atoms with Crippen molar-refractivity contribution < 1.29 is 9.53 Å². The van der Waals surface area contributed by atoms with E-state index in [0.29, 0.717) is 17.9 Å². The fourth-order valence-electron chi connectivity index (χ4n) is 3.58. The molecular formula is C16H30N2O2. The first-order valence-corrected chi connectivity index (χ1v) is 8.08. The van der Waals surface area contributed by atoms with Crippen molar-refractivity contribution in [2.24, 2.45) is 17.6 Å². The van der Waals surface area contributed by atoms with E-state index in [-0.39, 0.29) is 6.09 Å². The standard InChI is InChI=1S/C16H30N2O2/c1-16(2,3)20-15(19)18-9-5-7-13(11-18)12-6-4-8-14(17)10-12/h12-14H,4-11,17H2,1-3H3/t12-,13+,14-/m0/s1. The van der Waals surface area contributed by atoms with Gasteiger partial charge in [0.2, 0.25) is 0 Å². The van der Waals surface area contributed by atoms with Crippen LogP contribution < -0.4 is 5.73 Å². The van der Waals surface area contributed by atoms with Crippen molar-refractivity contribution in [2.75, 3.05) is 13.1 Å². The Morgan fingerprint density at radius 2 is 1.85 bits per heavy atom. The highest BCUT2D eigenvalue weighted by Crippen LogP contribution is 2.34. The van der Waals surface area contributed by atoms with Crippen molar-refractivity contribution in [3.8, 4) is 0 Å². The molecular weight excluding hydrogens is 252 g/mol. The van der Waals surface area contributed by atoms with Crippen molar-refractivity contribution in [3.63, 3.8) is 0 Å². The largest absolute Gasteiger partial charge is 0.444 e. The number of hydrogen-bond donors (Lipinski definition) is 1.